The Hall–Kier alpha value is -2.40. The molecule has 0 bridgehead atoms. The Morgan fingerprint density at radius 1 is 1.05 bits per heavy atom. The van der Waals surface area contributed by atoms with Crippen LogP contribution in [0.5, 0.6) is 11.5 Å². The third-order valence-corrected chi connectivity index (χ3v) is 4.09. The number of hydrogen-bond acceptors (Lipinski definition) is 4. The number of fused-ring (bicyclic) bond motifs is 2. The minimum absolute atomic E-state index is 0.282. The standard InChI is InChI=1S/C15H11N2O2S/c1-2-10-6-7-20-15(10)12(3-1)17-16-11-4-5-13-14(8-11)19-9-18-13/h1-8,16H,9H2. The molecule has 0 saturated heterocycles. The maximum absolute atomic E-state index is 5.35. The normalized spacial score (nSPS) is 12.6. The predicted octanol–water partition coefficient (Wildman–Crippen LogP) is 3.89. The number of nitrogens with zero attached hydrogens (tertiary/aromatic N) is 1. The molecule has 0 unspecified atom stereocenters. The molecule has 0 fully saturated rings. The van der Waals surface area contributed by atoms with Crippen molar-refractivity contribution >= 4 is 32.8 Å². The van der Waals surface area contributed by atoms with Crippen LogP contribution in [0.25, 0.3) is 10.1 Å². The first-order chi connectivity index (χ1) is 9.90. The molecule has 1 aromatic heterocycles. The van der Waals surface area contributed by atoms with E-state index in [1.54, 1.807) is 11.3 Å². The summed E-state index contributed by atoms with van der Waals surface area (Å²) in [5.41, 5.74) is 9.35. The van der Waals surface area contributed by atoms with Crippen LogP contribution in [0, 0.1) is 0 Å². The number of hydrogen-bond donors (Lipinski definition) is 1. The maximum atomic E-state index is 5.35. The third kappa shape index (κ3) is 1.92. The molecule has 4 rings (SSSR count). The number of benzene rings is 2. The summed E-state index contributed by atoms with van der Waals surface area (Å²) in [7, 11) is 0. The van der Waals surface area contributed by atoms with Crippen molar-refractivity contribution in [3.63, 3.8) is 0 Å². The van der Waals surface area contributed by atoms with Gasteiger partial charge in [-0.2, -0.15) is 5.43 Å². The van der Waals surface area contributed by atoms with Gasteiger partial charge in [0.2, 0.25) is 6.79 Å². The summed E-state index contributed by atoms with van der Waals surface area (Å²) in [6.07, 6.45) is 0. The molecule has 3 aromatic rings. The monoisotopic (exact) mass is 283 g/mol. The lowest BCUT2D eigenvalue weighted by Gasteiger charge is -2.07. The van der Waals surface area contributed by atoms with Crippen molar-refractivity contribution in [2.24, 2.45) is 0 Å². The minimum Gasteiger partial charge on any atom is -0.454 e. The van der Waals surface area contributed by atoms with Crippen molar-refractivity contribution in [1.82, 2.24) is 5.43 Å². The van der Waals surface area contributed by atoms with Crippen LogP contribution in [0.2, 0.25) is 0 Å². The highest BCUT2D eigenvalue weighted by Gasteiger charge is 2.13. The first kappa shape index (κ1) is 11.4. The van der Waals surface area contributed by atoms with Crippen molar-refractivity contribution < 1.29 is 9.47 Å². The van der Waals surface area contributed by atoms with Gasteiger partial charge in [-0.1, -0.05) is 12.1 Å². The molecule has 1 N–H and O–H groups in total. The van der Waals surface area contributed by atoms with Crippen molar-refractivity contribution in [3.8, 4) is 11.5 Å². The van der Waals surface area contributed by atoms with Crippen LogP contribution in [0.15, 0.2) is 47.8 Å². The highest BCUT2D eigenvalue weighted by Crippen LogP contribution is 2.34. The molecule has 20 heavy (non-hydrogen) atoms. The summed E-state index contributed by atoms with van der Waals surface area (Å²) < 4.78 is 11.8. The van der Waals surface area contributed by atoms with Gasteiger partial charge in [0.25, 0.3) is 0 Å². The van der Waals surface area contributed by atoms with Crippen molar-refractivity contribution in [2.45, 2.75) is 0 Å². The lowest BCUT2D eigenvalue weighted by molar-refractivity contribution is 0.174. The van der Waals surface area contributed by atoms with E-state index in [0.717, 1.165) is 22.9 Å². The Labute approximate surface area is 119 Å². The van der Waals surface area contributed by atoms with E-state index in [1.165, 1.54) is 10.1 Å². The van der Waals surface area contributed by atoms with Gasteiger partial charge in [-0.05, 0) is 35.0 Å². The molecule has 2 aromatic carbocycles. The van der Waals surface area contributed by atoms with Gasteiger partial charge in [-0.25, -0.2) is 0 Å². The SMILES string of the molecule is c1cc([N]Nc2ccc3c(c2)OCO3)c2sccc2c1. The highest BCUT2D eigenvalue weighted by molar-refractivity contribution is 7.17. The molecule has 1 radical (unpaired) electrons. The first-order valence-electron chi connectivity index (χ1n) is 6.23. The summed E-state index contributed by atoms with van der Waals surface area (Å²) in [5.74, 6) is 1.52. The second-order valence-corrected chi connectivity index (χ2v) is 5.32. The van der Waals surface area contributed by atoms with Gasteiger partial charge in [0.05, 0.1) is 10.4 Å². The van der Waals surface area contributed by atoms with Crippen molar-refractivity contribution in [2.75, 3.05) is 12.2 Å². The molecule has 1 aliphatic heterocycles. The predicted molar refractivity (Wildman–Crippen MR) is 79.8 cm³/mol. The number of anilines is 1. The summed E-state index contributed by atoms with van der Waals surface area (Å²) in [6.45, 7) is 0.282. The quantitative estimate of drug-likeness (QED) is 0.742. The minimum atomic E-state index is 0.282. The summed E-state index contributed by atoms with van der Waals surface area (Å²) >= 11 is 1.69. The smallest absolute Gasteiger partial charge is 0.231 e. The zero-order valence-corrected chi connectivity index (χ0v) is 11.3. The third-order valence-electron chi connectivity index (χ3n) is 3.14. The number of ether oxygens (including phenoxy) is 2. The van der Waals surface area contributed by atoms with Gasteiger partial charge in [-0.15, -0.1) is 11.3 Å². The van der Waals surface area contributed by atoms with Crippen LogP contribution >= 0.6 is 11.3 Å². The second-order valence-electron chi connectivity index (χ2n) is 4.41. The summed E-state index contributed by atoms with van der Waals surface area (Å²) in [4.78, 5) is 0. The van der Waals surface area contributed by atoms with Gasteiger partial charge in [0, 0.05) is 6.07 Å². The summed E-state index contributed by atoms with van der Waals surface area (Å²) in [5, 5.41) is 3.29. The molecule has 0 amide bonds. The van der Waals surface area contributed by atoms with Crippen molar-refractivity contribution in [3.05, 3.63) is 47.8 Å². The Morgan fingerprint density at radius 3 is 3.00 bits per heavy atom. The van der Waals surface area contributed by atoms with Crippen LogP contribution in [0.4, 0.5) is 11.4 Å². The molecule has 1 aliphatic rings. The van der Waals surface area contributed by atoms with Crippen molar-refractivity contribution in [1.29, 1.82) is 0 Å². The van der Waals surface area contributed by atoms with E-state index >= 15 is 0 Å². The van der Waals surface area contributed by atoms with Crippen LogP contribution in [-0.4, -0.2) is 6.79 Å². The Kier molecular flexibility index (Phi) is 2.63. The fourth-order valence-corrected chi connectivity index (χ4v) is 3.01. The van der Waals surface area contributed by atoms with Gasteiger partial charge in [0.1, 0.15) is 5.69 Å². The molecule has 5 heteroatoms. The van der Waals surface area contributed by atoms with E-state index in [2.05, 4.69) is 28.4 Å². The zero-order valence-electron chi connectivity index (χ0n) is 10.5. The molecule has 2 heterocycles. The fraction of sp³-hybridized carbons (Fsp3) is 0.0667. The maximum Gasteiger partial charge on any atom is 0.231 e. The molecular weight excluding hydrogens is 272 g/mol. The Morgan fingerprint density at radius 2 is 2.00 bits per heavy atom. The fourth-order valence-electron chi connectivity index (χ4n) is 2.16. The van der Waals surface area contributed by atoms with E-state index in [1.807, 2.05) is 30.3 Å². The number of thiophene rings is 1. The topological polar surface area (TPSA) is 44.6 Å². The average molecular weight is 283 g/mol. The van der Waals surface area contributed by atoms with Crippen LogP contribution in [0.3, 0.4) is 0 Å². The van der Waals surface area contributed by atoms with E-state index in [4.69, 9.17) is 9.47 Å². The van der Waals surface area contributed by atoms with Crippen LogP contribution < -0.4 is 20.3 Å². The molecule has 0 aliphatic carbocycles. The van der Waals surface area contributed by atoms with Crippen LogP contribution in [0.1, 0.15) is 0 Å². The van der Waals surface area contributed by atoms with E-state index in [9.17, 15) is 0 Å². The van der Waals surface area contributed by atoms with Crippen LogP contribution in [-0.2, 0) is 0 Å². The first-order valence-corrected chi connectivity index (χ1v) is 7.11. The number of rotatable bonds is 3. The lowest BCUT2D eigenvalue weighted by atomic mass is 10.2. The van der Waals surface area contributed by atoms with E-state index < -0.39 is 0 Å². The van der Waals surface area contributed by atoms with Gasteiger partial charge < -0.3 is 9.47 Å². The molecule has 99 valence electrons. The Bertz CT molecular complexity index is 769. The zero-order chi connectivity index (χ0) is 13.4. The highest BCUT2D eigenvalue weighted by atomic mass is 32.1. The molecule has 0 spiro atoms. The number of nitrogens with one attached hydrogen (secondary N) is 1. The summed E-state index contributed by atoms with van der Waals surface area (Å²) in [6, 6.07) is 13.9. The molecule has 0 atom stereocenters. The Balaban J connectivity index is 1.57. The van der Waals surface area contributed by atoms with Gasteiger partial charge >= 0.3 is 0 Å². The molecule has 4 nitrogen and oxygen atoms in total. The van der Waals surface area contributed by atoms with Gasteiger partial charge in [0.15, 0.2) is 11.5 Å². The average Bonchev–Trinajstić information content (AvgIpc) is 3.13. The van der Waals surface area contributed by atoms with E-state index in [0.29, 0.717) is 0 Å². The largest absolute Gasteiger partial charge is 0.454 e. The van der Waals surface area contributed by atoms with Gasteiger partial charge in [-0.3, -0.25) is 5.43 Å². The molecule has 0 saturated carbocycles. The lowest BCUT2D eigenvalue weighted by Crippen LogP contribution is -2.07. The molecular formula is C15H11N2O2S. The van der Waals surface area contributed by atoms with E-state index in [-0.39, 0.29) is 6.79 Å². The second kappa shape index (κ2) is 4.61.